The van der Waals surface area contributed by atoms with E-state index in [1.165, 1.54) is 16.7 Å². The molecule has 2 nitrogen and oxygen atoms in total. The Balaban J connectivity index is 1.42. The molecule has 0 aliphatic heterocycles. The molecule has 0 radical (unpaired) electrons. The van der Waals surface area contributed by atoms with Crippen LogP contribution in [0.5, 0.6) is 0 Å². The fourth-order valence-corrected chi connectivity index (χ4v) is 3.08. The average Bonchev–Trinajstić information content (AvgIpc) is 2.72. The van der Waals surface area contributed by atoms with Crippen molar-refractivity contribution in [3.8, 4) is 0 Å². The van der Waals surface area contributed by atoms with Crippen LogP contribution in [-0.4, -0.2) is 19.7 Å². The van der Waals surface area contributed by atoms with Gasteiger partial charge in [0.05, 0.1) is 6.61 Å². The van der Waals surface area contributed by atoms with E-state index in [0.29, 0.717) is 6.61 Å². The van der Waals surface area contributed by atoms with Crippen molar-refractivity contribution in [2.45, 2.75) is 18.9 Å². The van der Waals surface area contributed by atoms with E-state index in [9.17, 15) is 0 Å². The molecule has 1 N–H and O–H groups in total. The van der Waals surface area contributed by atoms with Gasteiger partial charge in [0, 0.05) is 6.54 Å². The van der Waals surface area contributed by atoms with Crippen LogP contribution in [0.3, 0.4) is 0 Å². The minimum absolute atomic E-state index is 0.0106. The third-order valence-corrected chi connectivity index (χ3v) is 4.43. The molecule has 0 unspecified atom stereocenters. The highest BCUT2D eigenvalue weighted by Crippen LogP contribution is 2.25. The molecule has 0 saturated heterocycles. The average molecular weight is 345 g/mol. The Hall–Kier alpha value is -2.42. The highest BCUT2D eigenvalue weighted by Gasteiger charge is 2.13. The van der Waals surface area contributed by atoms with Crippen molar-refractivity contribution in [2.24, 2.45) is 0 Å². The third-order valence-electron chi connectivity index (χ3n) is 4.43. The molecule has 0 aliphatic rings. The van der Waals surface area contributed by atoms with E-state index < -0.39 is 0 Å². The minimum Gasteiger partial charge on any atom is -0.367 e. The van der Waals surface area contributed by atoms with Gasteiger partial charge in [-0.3, -0.25) is 0 Å². The number of hydrogen-bond donors (Lipinski definition) is 1. The summed E-state index contributed by atoms with van der Waals surface area (Å²) in [6.45, 7) is 2.57. The van der Waals surface area contributed by atoms with Crippen molar-refractivity contribution in [1.82, 2.24) is 5.32 Å². The van der Waals surface area contributed by atoms with Crippen LogP contribution in [0.15, 0.2) is 91.0 Å². The lowest BCUT2D eigenvalue weighted by molar-refractivity contribution is 0.0821. The van der Waals surface area contributed by atoms with Crippen molar-refractivity contribution in [1.29, 1.82) is 0 Å². The molecule has 0 atom stereocenters. The fraction of sp³-hybridized carbons (Fsp3) is 0.250. The summed E-state index contributed by atoms with van der Waals surface area (Å²) in [6.07, 6.45) is 2.25. The van der Waals surface area contributed by atoms with Crippen LogP contribution in [0.1, 0.15) is 29.2 Å². The molecule has 0 aromatic heterocycles. The lowest BCUT2D eigenvalue weighted by Crippen LogP contribution is -2.22. The molecule has 0 amide bonds. The largest absolute Gasteiger partial charge is 0.367 e. The first kappa shape index (κ1) is 18.4. The fourth-order valence-electron chi connectivity index (χ4n) is 3.08. The Bertz CT molecular complexity index is 688. The summed E-state index contributed by atoms with van der Waals surface area (Å²) in [5, 5.41) is 3.49. The first-order chi connectivity index (χ1) is 12.9. The van der Waals surface area contributed by atoms with Crippen LogP contribution in [0.25, 0.3) is 0 Å². The van der Waals surface area contributed by atoms with Crippen molar-refractivity contribution in [3.63, 3.8) is 0 Å². The summed E-state index contributed by atoms with van der Waals surface area (Å²) in [4.78, 5) is 0. The second-order valence-corrected chi connectivity index (χ2v) is 6.41. The van der Waals surface area contributed by atoms with Crippen molar-refractivity contribution in [3.05, 3.63) is 108 Å². The maximum Gasteiger partial charge on any atom is 0.108 e. The Labute approximate surface area is 156 Å². The van der Waals surface area contributed by atoms with Crippen LogP contribution < -0.4 is 5.32 Å². The summed E-state index contributed by atoms with van der Waals surface area (Å²) in [6, 6.07) is 31.5. The maximum absolute atomic E-state index is 6.22. The molecule has 0 heterocycles. The van der Waals surface area contributed by atoms with Gasteiger partial charge in [-0.1, -0.05) is 91.0 Å². The van der Waals surface area contributed by atoms with Gasteiger partial charge in [-0.05, 0) is 36.1 Å². The number of ether oxygens (including phenoxy) is 1. The van der Waals surface area contributed by atoms with E-state index >= 15 is 0 Å². The smallest absolute Gasteiger partial charge is 0.108 e. The second kappa shape index (κ2) is 10.5. The van der Waals surface area contributed by atoms with E-state index in [0.717, 1.165) is 25.9 Å². The van der Waals surface area contributed by atoms with Gasteiger partial charge in [-0.25, -0.2) is 0 Å². The zero-order valence-electron chi connectivity index (χ0n) is 15.2. The van der Waals surface area contributed by atoms with E-state index in [1.54, 1.807) is 0 Å². The van der Waals surface area contributed by atoms with E-state index in [2.05, 4.69) is 84.2 Å². The molecule has 0 bridgehead atoms. The Morgan fingerprint density at radius 3 is 1.77 bits per heavy atom. The standard InChI is InChI=1S/C24H27NO/c1-4-11-21(12-5-1)13-10-18-25-19-20-26-24(22-14-6-2-7-15-22)23-16-8-3-9-17-23/h1-9,11-12,14-17,24-25H,10,13,18-20H2. The van der Waals surface area contributed by atoms with Crippen molar-refractivity contribution in [2.75, 3.05) is 19.7 Å². The number of rotatable bonds is 10. The predicted molar refractivity (Wildman–Crippen MR) is 108 cm³/mol. The van der Waals surface area contributed by atoms with Gasteiger partial charge < -0.3 is 10.1 Å². The molecule has 0 saturated carbocycles. The molecule has 0 aliphatic carbocycles. The lowest BCUT2D eigenvalue weighted by Gasteiger charge is -2.19. The van der Waals surface area contributed by atoms with Gasteiger partial charge in [-0.15, -0.1) is 0 Å². The Morgan fingerprint density at radius 2 is 1.19 bits per heavy atom. The second-order valence-electron chi connectivity index (χ2n) is 6.41. The molecule has 2 heteroatoms. The molecule has 134 valence electrons. The van der Waals surface area contributed by atoms with Crippen LogP contribution in [-0.2, 0) is 11.2 Å². The topological polar surface area (TPSA) is 21.3 Å². The van der Waals surface area contributed by atoms with E-state index in [1.807, 2.05) is 12.1 Å². The molecule has 3 aromatic rings. The number of aryl methyl sites for hydroxylation is 1. The molecule has 3 aromatic carbocycles. The monoisotopic (exact) mass is 345 g/mol. The van der Waals surface area contributed by atoms with Crippen molar-refractivity contribution < 1.29 is 4.74 Å². The predicted octanol–water partition coefficient (Wildman–Crippen LogP) is 5.02. The Morgan fingerprint density at radius 1 is 0.654 bits per heavy atom. The summed E-state index contributed by atoms with van der Waals surface area (Å²) in [7, 11) is 0. The van der Waals surface area contributed by atoms with Crippen LogP contribution in [0, 0.1) is 0 Å². The van der Waals surface area contributed by atoms with Crippen LogP contribution in [0.4, 0.5) is 0 Å². The van der Waals surface area contributed by atoms with Gasteiger partial charge in [0.25, 0.3) is 0 Å². The summed E-state index contributed by atoms with van der Waals surface area (Å²) in [5.74, 6) is 0. The first-order valence-electron chi connectivity index (χ1n) is 9.39. The molecular weight excluding hydrogens is 318 g/mol. The van der Waals surface area contributed by atoms with E-state index in [4.69, 9.17) is 4.74 Å². The van der Waals surface area contributed by atoms with Crippen LogP contribution >= 0.6 is 0 Å². The number of hydrogen-bond acceptors (Lipinski definition) is 2. The maximum atomic E-state index is 6.22. The quantitative estimate of drug-likeness (QED) is 0.521. The summed E-state index contributed by atoms with van der Waals surface area (Å²) < 4.78 is 6.22. The van der Waals surface area contributed by atoms with Gasteiger partial charge >= 0.3 is 0 Å². The number of nitrogens with one attached hydrogen (secondary N) is 1. The van der Waals surface area contributed by atoms with Crippen LogP contribution in [0.2, 0.25) is 0 Å². The lowest BCUT2D eigenvalue weighted by atomic mass is 10.0. The molecular formula is C24H27NO. The molecule has 0 fully saturated rings. The van der Waals surface area contributed by atoms with Gasteiger partial charge in [0.15, 0.2) is 0 Å². The van der Waals surface area contributed by atoms with E-state index in [-0.39, 0.29) is 6.10 Å². The zero-order valence-corrected chi connectivity index (χ0v) is 15.2. The zero-order chi connectivity index (χ0) is 17.9. The normalized spacial score (nSPS) is 11.0. The summed E-state index contributed by atoms with van der Waals surface area (Å²) in [5.41, 5.74) is 3.80. The highest BCUT2D eigenvalue weighted by molar-refractivity contribution is 5.29. The first-order valence-corrected chi connectivity index (χ1v) is 9.39. The third kappa shape index (κ3) is 5.83. The minimum atomic E-state index is -0.0106. The highest BCUT2D eigenvalue weighted by atomic mass is 16.5. The number of benzene rings is 3. The Kier molecular flexibility index (Phi) is 7.45. The molecule has 26 heavy (non-hydrogen) atoms. The van der Waals surface area contributed by atoms with Crippen molar-refractivity contribution >= 4 is 0 Å². The SMILES string of the molecule is c1ccc(CCCNCCOC(c2ccccc2)c2ccccc2)cc1. The van der Waals surface area contributed by atoms with Gasteiger partial charge in [0.1, 0.15) is 6.10 Å². The van der Waals surface area contributed by atoms with Gasteiger partial charge in [-0.2, -0.15) is 0 Å². The van der Waals surface area contributed by atoms with Gasteiger partial charge in [0.2, 0.25) is 0 Å². The molecule has 0 spiro atoms. The molecule has 3 rings (SSSR count). The summed E-state index contributed by atoms with van der Waals surface area (Å²) >= 11 is 0.